The van der Waals surface area contributed by atoms with Crippen molar-refractivity contribution in [3.05, 3.63) is 129 Å². The van der Waals surface area contributed by atoms with Crippen molar-refractivity contribution >= 4 is 0 Å². The SMILES string of the molecule is CC1=C(C)C(C(c2cccc(C)c2)(c2cccc(C)c2)c2cccc(C)c2)C=C1. The van der Waals surface area contributed by atoms with E-state index in [2.05, 4.69) is 120 Å². The first-order valence-electron chi connectivity index (χ1n) is 10.5. The molecule has 0 nitrogen and oxygen atoms in total. The third-order valence-corrected chi connectivity index (χ3v) is 6.51. The molecule has 0 heteroatoms. The van der Waals surface area contributed by atoms with Gasteiger partial charge >= 0.3 is 0 Å². The van der Waals surface area contributed by atoms with Gasteiger partial charge in [-0.3, -0.25) is 0 Å². The molecule has 1 unspecified atom stereocenters. The van der Waals surface area contributed by atoms with Crippen LogP contribution in [0.25, 0.3) is 0 Å². The van der Waals surface area contributed by atoms with Crippen LogP contribution in [0.15, 0.2) is 96.1 Å². The van der Waals surface area contributed by atoms with Crippen LogP contribution in [0, 0.1) is 26.7 Å². The van der Waals surface area contributed by atoms with Gasteiger partial charge in [-0.15, -0.1) is 0 Å². The van der Waals surface area contributed by atoms with E-state index in [0.29, 0.717) is 0 Å². The Kier molecular flexibility index (Phi) is 5.04. The van der Waals surface area contributed by atoms with Crippen molar-refractivity contribution in [2.75, 3.05) is 0 Å². The number of aryl methyl sites for hydroxylation is 3. The van der Waals surface area contributed by atoms with E-state index >= 15 is 0 Å². The molecule has 0 aromatic heterocycles. The number of allylic oxidation sites excluding steroid dienone is 4. The molecule has 0 bridgehead atoms. The average molecular weight is 379 g/mol. The largest absolute Gasteiger partial charge is 0.0755 e. The van der Waals surface area contributed by atoms with Gasteiger partial charge in [0, 0.05) is 5.92 Å². The van der Waals surface area contributed by atoms with Crippen molar-refractivity contribution in [2.45, 2.75) is 40.0 Å². The number of benzene rings is 3. The summed E-state index contributed by atoms with van der Waals surface area (Å²) in [6, 6.07) is 27.3. The van der Waals surface area contributed by atoms with E-state index in [-0.39, 0.29) is 11.3 Å². The molecule has 0 amide bonds. The van der Waals surface area contributed by atoms with Crippen molar-refractivity contribution in [2.24, 2.45) is 5.92 Å². The van der Waals surface area contributed by atoms with Crippen LogP contribution in [0.2, 0.25) is 0 Å². The summed E-state index contributed by atoms with van der Waals surface area (Å²) in [5.41, 5.74) is 10.5. The van der Waals surface area contributed by atoms with Crippen molar-refractivity contribution in [3.8, 4) is 0 Å². The highest BCUT2D eigenvalue weighted by Crippen LogP contribution is 2.51. The minimum Gasteiger partial charge on any atom is -0.0755 e. The summed E-state index contributed by atoms with van der Waals surface area (Å²) in [5.74, 6) is 0.285. The maximum atomic E-state index is 2.41. The van der Waals surface area contributed by atoms with Gasteiger partial charge in [0.2, 0.25) is 0 Å². The van der Waals surface area contributed by atoms with E-state index in [9.17, 15) is 0 Å². The molecule has 0 saturated heterocycles. The van der Waals surface area contributed by atoms with Crippen LogP contribution in [-0.2, 0) is 5.41 Å². The van der Waals surface area contributed by atoms with Crippen LogP contribution in [0.3, 0.4) is 0 Å². The Bertz CT molecular complexity index is 999. The van der Waals surface area contributed by atoms with E-state index in [4.69, 9.17) is 0 Å². The van der Waals surface area contributed by atoms with Crippen molar-refractivity contribution < 1.29 is 0 Å². The van der Waals surface area contributed by atoms with Crippen LogP contribution in [0.5, 0.6) is 0 Å². The average Bonchev–Trinajstić information content (AvgIpc) is 3.02. The van der Waals surface area contributed by atoms with E-state index < -0.39 is 0 Å². The zero-order chi connectivity index (χ0) is 20.6. The summed E-state index contributed by atoms with van der Waals surface area (Å²) in [7, 11) is 0. The summed E-state index contributed by atoms with van der Waals surface area (Å²) >= 11 is 0. The monoisotopic (exact) mass is 378 g/mol. The molecule has 3 aromatic rings. The quantitative estimate of drug-likeness (QED) is 0.413. The Balaban J connectivity index is 2.15. The van der Waals surface area contributed by atoms with E-state index in [1.165, 1.54) is 44.5 Å². The second-order valence-electron chi connectivity index (χ2n) is 8.62. The van der Waals surface area contributed by atoms with Crippen LogP contribution >= 0.6 is 0 Å². The highest BCUT2D eigenvalue weighted by molar-refractivity contribution is 5.58. The molecule has 29 heavy (non-hydrogen) atoms. The molecule has 0 radical (unpaired) electrons. The van der Waals surface area contributed by atoms with Crippen molar-refractivity contribution in [1.29, 1.82) is 0 Å². The lowest BCUT2D eigenvalue weighted by Crippen LogP contribution is -2.37. The maximum absolute atomic E-state index is 2.41. The zero-order valence-electron chi connectivity index (χ0n) is 18.2. The third-order valence-electron chi connectivity index (χ3n) is 6.51. The first-order valence-corrected chi connectivity index (χ1v) is 10.5. The molecule has 1 aliphatic carbocycles. The predicted molar refractivity (Wildman–Crippen MR) is 124 cm³/mol. The first kappa shape index (κ1) is 19.5. The fourth-order valence-corrected chi connectivity index (χ4v) is 4.94. The molecule has 3 aromatic carbocycles. The molecule has 146 valence electrons. The second kappa shape index (κ2) is 7.52. The lowest BCUT2D eigenvalue weighted by atomic mass is 9.60. The molecule has 0 aliphatic heterocycles. The zero-order valence-corrected chi connectivity index (χ0v) is 18.2. The fraction of sp³-hybridized carbons (Fsp3) is 0.241. The molecule has 0 spiro atoms. The Hall–Kier alpha value is -2.86. The topological polar surface area (TPSA) is 0 Å². The summed E-state index contributed by atoms with van der Waals surface area (Å²) in [6.07, 6.45) is 4.72. The van der Waals surface area contributed by atoms with E-state index in [1.807, 2.05) is 0 Å². The van der Waals surface area contributed by atoms with Crippen LogP contribution in [-0.4, -0.2) is 0 Å². The van der Waals surface area contributed by atoms with Crippen LogP contribution < -0.4 is 0 Å². The summed E-state index contributed by atoms with van der Waals surface area (Å²) in [6.45, 7) is 11.1. The number of hydrogen-bond donors (Lipinski definition) is 0. The Morgan fingerprint density at radius 2 is 1.00 bits per heavy atom. The lowest BCUT2D eigenvalue weighted by Gasteiger charge is -2.42. The molecule has 1 aliphatic rings. The Labute approximate surface area is 175 Å². The van der Waals surface area contributed by atoms with Gasteiger partial charge in [-0.1, -0.05) is 113 Å². The van der Waals surface area contributed by atoms with E-state index in [1.54, 1.807) is 0 Å². The highest BCUT2D eigenvalue weighted by atomic mass is 14.5. The smallest absolute Gasteiger partial charge is 0.0551 e. The molecule has 1 atom stereocenters. The van der Waals surface area contributed by atoms with Gasteiger partial charge in [0.25, 0.3) is 0 Å². The van der Waals surface area contributed by atoms with Gasteiger partial charge in [0.05, 0.1) is 5.41 Å². The molecular weight excluding hydrogens is 348 g/mol. The Morgan fingerprint density at radius 3 is 1.31 bits per heavy atom. The predicted octanol–water partition coefficient (Wildman–Crippen LogP) is 7.47. The lowest BCUT2D eigenvalue weighted by molar-refractivity contribution is 0.505. The van der Waals surface area contributed by atoms with Gasteiger partial charge < -0.3 is 0 Å². The molecule has 0 N–H and O–H groups in total. The minimum atomic E-state index is -0.262. The second-order valence-corrected chi connectivity index (χ2v) is 8.62. The summed E-state index contributed by atoms with van der Waals surface area (Å²) in [5, 5.41) is 0. The fourth-order valence-electron chi connectivity index (χ4n) is 4.94. The van der Waals surface area contributed by atoms with Crippen LogP contribution in [0.1, 0.15) is 47.2 Å². The van der Waals surface area contributed by atoms with Gasteiger partial charge in [-0.05, 0) is 51.3 Å². The summed E-state index contributed by atoms with van der Waals surface area (Å²) in [4.78, 5) is 0. The highest BCUT2D eigenvalue weighted by Gasteiger charge is 2.44. The third kappa shape index (κ3) is 3.27. The van der Waals surface area contributed by atoms with Crippen molar-refractivity contribution in [3.63, 3.8) is 0 Å². The first-order chi connectivity index (χ1) is 13.9. The van der Waals surface area contributed by atoms with Gasteiger partial charge in [0.1, 0.15) is 0 Å². The van der Waals surface area contributed by atoms with Crippen molar-refractivity contribution in [1.82, 2.24) is 0 Å². The Morgan fingerprint density at radius 1 is 0.586 bits per heavy atom. The summed E-state index contributed by atoms with van der Waals surface area (Å²) < 4.78 is 0. The number of hydrogen-bond acceptors (Lipinski definition) is 0. The molecule has 0 saturated carbocycles. The molecule has 0 fully saturated rings. The van der Waals surface area contributed by atoms with Gasteiger partial charge in [-0.2, -0.15) is 0 Å². The molecule has 0 heterocycles. The molecular formula is C29H30. The van der Waals surface area contributed by atoms with Gasteiger partial charge in [-0.25, -0.2) is 0 Å². The van der Waals surface area contributed by atoms with E-state index in [0.717, 1.165) is 0 Å². The molecule has 4 rings (SSSR count). The standard InChI is InChI=1S/C29H30/c1-20-9-6-12-25(17-20)29(26-13-7-10-21(2)18-26,27-14-8-11-22(3)19-27)28-16-15-23(4)24(28)5/h6-19,28H,1-5H3. The maximum Gasteiger partial charge on any atom is 0.0551 e. The van der Waals surface area contributed by atoms with Gasteiger partial charge in [0.15, 0.2) is 0 Å². The normalized spacial score (nSPS) is 16.5. The minimum absolute atomic E-state index is 0.262. The van der Waals surface area contributed by atoms with Crippen LogP contribution in [0.4, 0.5) is 0 Å². The number of rotatable bonds is 4.